The second-order valence-electron chi connectivity index (χ2n) is 4.87. The number of rotatable bonds is 4. The van der Waals surface area contributed by atoms with Gasteiger partial charge < -0.3 is 15.7 Å². The molecule has 0 aromatic rings. The molecule has 0 aliphatic carbocycles. The van der Waals surface area contributed by atoms with E-state index >= 15 is 0 Å². The summed E-state index contributed by atoms with van der Waals surface area (Å²) >= 11 is 0. The van der Waals surface area contributed by atoms with Gasteiger partial charge in [-0.25, -0.2) is 0 Å². The van der Waals surface area contributed by atoms with E-state index in [0.717, 1.165) is 12.8 Å². The highest BCUT2D eigenvalue weighted by atomic mass is 16.4. The predicted octanol–water partition coefficient (Wildman–Crippen LogP) is 0.683. The zero-order valence-electron chi connectivity index (χ0n) is 10.6. The van der Waals surface area contributed by atoms with Crippen LogP contribution in [0.5, 0.6) is 0 Å². The van der Waals surface area contributed by atoms with E-state index in [1.54, 1.807) is 4.90 Å². The molecule has 0 spiro atoms. The van der Waals surface area contributed by atoms with Crippen LogP contribution in [-0.4, -0.2) is 41.0 Å². The summed E-state index contributed by atoms with van der Waals surface area (Å²) in [7, 11) is 0. The Balaban J connectivity index is 2.60. The van der Waals surface area contributed by atoms with E-state index in [2.05, 4.69) is 0 Å². The van der Waals surface area contributed by atoms with Crippen molar-refractivity contribution in [3.8, 4) is 0 Å². The van der Waals surface area contributed by atoms with Crippen LogP contribution in [0.3, 0.4) is 0 Å². The zero-order chi connectivity index (χ0) is 13.0. The molecule has 1 unspecified atom stereocenters. The number of piperidine rings is 1. The van der Waals surface area contributed by atoms with E-state index in [-0.39, 0.29) is 11.8 Å². The highest BCUT2D eigenvalue weighted by Gasteiger charge is 2.31. The standard InChI is InChI=1S/C12H22N2O3/c1-3-8(2)10(13)11(15)14-6-4-5-9(7-14)12(16)17/h8-10H,3-7,13H2,1-2H3,(H,16,17)/t8?,9-,10-/m0/s1. The predicted molar refractivity (Wildman–Crippen MR) is 64.4 cm³/mol. The largest absolute Gasteiger partial charge is 0.481 e. The molecule has 1 saturated heterocycles. The molecule has 0 aromatic carbocycles. The maximum absolute atomic E-state index is 12.1. The number of carboxylic acids is 1. The molecule has 17 heavy (non-hydrogen) atoms. The van der Waals surface area contributed by atoms with E-state index in [0.29, 0.717) is 19.5 Å². The van der Waals surface area contributed by atoms with Gasteiger partial charge in [0.15, 0.2) is 0 Å². The van der Waals surface area contributed by atoms with Crippen LogP contribution in [0.25, 0.3) is 0 Å². The Morgan fingerprint density at radius 2 is 2.18 bits per heavy atom. The number of nitrogens with zero attached hydrogens (tertiary/aromatic N) is 1. The van der Waals surface area contributed by atoms with Gasteiger partial charge in [-0.3, -0.25) is 9.59 Å². The lowest BCUT2D eigenvalue weighted by Gasteiger charge is -2.33. The molecule has 98 valence electrons. The molecule has 1 aliphatic heterocycles. The van der Waals surface area contributed by atoms with Crippen molar-refractivity contribution < 1.29 is 14.7 Å². The van der Waals surface area contributed by atoms with Gasteiger partial charge in [-0.15, -0.1) is 0 Å². The molecule has 0 saturated carbocycles. The fraction of sp³-hybridized carbons (Fsp3) is 0.833. The fourth-order valence-electron chi connectivity index (χ4n) is 2.09. The third-order valence-corrected chi connectivity index (χ3v) is 3.62. The van der Waals surface area contributed by atoms with Gasteiger partial charge in [0, 0.05) is 13.1 Å². The van der Waals surface area contributed by atoms with E-state index in [9.17, 15) is 9.59 Å². The summed E-state index contributed by atoms with van der Waals surface area (Å²) in [5, 5.41) is 8.96. The van der Waals surface area contributed by atoms with Gasteiger partial charge in [-0.2, -0.15) is 0 Å². The highest BCUT2D eigenvalue weighted by Crippen LogP contribution is 2.18. The molecule has 1 amide bonds. The lowest BCUT2D eigenvalue weighted by atomic mass is 9.94. The number of carboxylic acid groups (broad SMARTS) is 1. The molecular formula is C12H22N2O3. The van der Waals surface area contributed by atoms with E-state index in [1.807, 2.05) is 13.8 Å². The summed E-state index contributed by atoms with van der Waals surface area (Å²) in [6, 6.07) is -0.507. The van der Waals surface area contributed by atoms with Crippen molar-refractivity contribution in [3.05, 3.63) is 0 Å². The Kier molecular flexibility index (Phi) is 4.93. The summed E-state index contributed by atoms with van der Waals surface area (Å²) in [5.41, 5.74) is 5.89. The maximum atomic E-state index is 12.1. The average Bonchev–Trinajstić information content (AvgIpc) is 2.36. The van der Waals surface area contributed by atoms with E-state index in [1.165, 1.54) is 0 Å². The van der Waals surface area contributed by atoms with Crippen molar-refractivity contribution in [1.82, 2.24) is 4.90 Å². The molecule has 0 radical (unpaired) electrons. The number of hydrogen-bond donors (Lipinski definition) is 2. The molecular weight excluding hydrogens is 220 g/mol. The molecule has 3 atom stereocenters. The molecule has 0 bridgehead atoms. The van der Waals surface area contributed by atoms with Crippen LogP contribution in [0.15, 0.2) is 0 Å². The average molecular weight is 242 g/mol. The first-order chi connectivity index (χ1) is 7.97. The zero-order valence-corrected chi connectivity index (χ0v) is 10.6. The number of amides is 1. The highest BCUT2D eigenvalue weighted by molar-refractivity contribution is 5.82. The van der Waals surface area contributed by atoms with Gasteiger partial charge in [0.25, 0.3) is 0 Å². The van der Waals surface area contributed by atoms with Crippen LogP contribution >= 0.6 is 0 Å². The van der Waals surface area contributed by atoms with Gasteiger partial charge >= 0.3 is 5.97 Å². The summed E-state index contributed by atoms with van der Waals surface area (Å²) < 4.78 is 0. The van der Waals surface area contributed by atoms with Crippen LogP contribution in [0.1, 0.15) is 33.1 Å². The van der Waals surface area contributed by atoms with Crippen LogP contribution in [0.2, 0.25) is 0 Å². The smallest absolute Gasteiger partial charge is 0.308 e. The molecule has 1 fully saturated rings. The van der Waals surface area contributed by atoms with Gasteiger partial charge in [-0.05, 0) is 18.8 Å². The Labute approximate surface area is 102 Å². The minimum absolute atomic E-state index is 0.106. The van der Waals surface area contributed by atoms with Crippen LogP contribution < -0.4 is 5.73 Å². The first kappa shape index (κ1) is 14.0. The lowest BCUT2D eigenvalue weighted by molar-refractivity contribution is -0.146. The number of likely N-dealkylation sites (tertiary alicyclic amines) is 1. The quantitative estimate of drug-likeness (QED) is 0.759. The van der Waals surface area contributed by atoms with Crippen LogP contribution in [0.4, 0.5) is 0 Å². The molecule has 3 N–H and O–H groups in total. The second kappa shape index (κ2) is 6.00. The van der Waals surface area contributed by atoms with Gasteiger partial charge in [0.2, 0.25) is 5.91 Å². The second-order valence-corrected chi connectivity index (χ2v) is 4.87. The normalized spacial score (nSPS) is 24.2. The van der Waals surface area contributed by atoms with E-state index < -0.39 is 17.9 Å². The van der Waals surface area contributed by atoms with Gasteiger partial charge in [0.05, 0.1) is 12.0 Å². The summed E-state index contributed by atoms with van der Waals surface area (Å²) in [5.74, 6) is -1.23. The number of carbonyl (C=O) groups excluding carboxylic acids is 1. The molecule has 1 rings (SSSR count). The van der Waals surface area contributed by atoms with Crippen LogP contribution in [0, 0.1) is 11.8 Å². The maximum Gasteiger partial charge on any atom is 0.308 e. The summed E-state index contributed by atoms with van der Waals surface area (Å²) in [4.78, 5) is 24.6. The van der Waals surface area contributed by atoms with Crippen molar-refractivity contribution in [3.63, 3.8) is 0 Å². The van der Waals surface area contributed by atoms with Crippen LogP contribution in [-0.2, 0) is 9.59 Å². The minimum Gasteiger partial charge on any atom is -0.481 e. The van der Waals surface area contributed by atoms with Crippen molar-refractivity contribution in [2.24, 2.45) is 17.6 Å². The number of nitrogens with two attached hydrogens (primary N) is 1. The van der Waals surface area contributed by atoms with Crippen molar-refractivity contribution in [2.45, 2.75) is 39.2 Å². The van der Waals surface area contributed by atoms with Gasteiger partial charge in [-0.1, -0.05) is 20.3 Å². The number of carbonyl (C=O) groups is 2. The lowest BCUT2D eigenvalue weighted by Crippen LogP contribution is -2.51. The Hall–Kier alpha value is -1.10. The minimum atomic E-state index is -0.820. The number of aliphatic carboxylic acids is 1. The molecule has 1 aliphatic rings. The van der Waals surface area contributed by atoms with Crippen molar-refractivity contribution in [1.29, 1.82) is 0 Å². The van der Waals surface area contributed by atoms with E-state index in [4.69, 9.17) is 10.8 Å². The third-order valence-electron chi connectivity index (χ3n) is 3.62. The number of hydrogen-bond acceptors (Lipinski definition) is 3. The van der Waals surface area contributed by atoms with Crippen molar-refractivity contribution >= 4 is 11.9 Å². The Bertz CT molecular complexity index is 293. The first-order valence-electron chi connectivity index (χ1n) is 6.24. The molecule has 5 heteroatoms. The Morgan fingerprint density at radius 1 is 1.53 bits per heavy atom. The molecule has 5 nitrogen and oxygen atoms in total. The summed E-state index contributed by atoms with van der Waals surface area (Å²) in [6.07, 6.45) is 2.25. The van der Waals surface area contributed by atoms with Crippen molar-refractivity contribution in [2.75, 3.05) is 13.1 Å². The summed E-state index contributed by atoms with van der Waals surface area (Å²) in [6.45, 7) is 4.88. The fourth-order valence-corrected chi connectivity index (χ4v) is 2.09. The van der Waals surface area contributed by atoms with Gasteiger partial charge in [0.1, 0.15) is 0 Å². The SMILES string of the molecule is CCC(C)[C@H](N)C(=O)N1CCC[C@H](C(=O)O)C1. The molecule has 1 heterocycles. The topological polar surface area (TPSA) is 83.6 Å². The third kappa shape index (κ3) is 3.43. The molecule has 0 aromatic heterocycles. The Morgan fingerprint density at radius 3 is 2.71 bits per heavy atom. The first-order valence-corrected chi connectivity index (χ1v) is 6.24. The monoisotopic (exact) mass is 242 g/mol.